The van der Waals surface area contributed by atoms with Crippen molar-refractivity contribution < 1.29 is 9.59 Å². The highest BCUT2D eigenvalue weighted by atomic mass is 16.2. The fourth-order valence-corrected chi connectivity index (χ4v) is 1.69. The Hall–Kier alpha value is -1.84. The van der Waals surface area contributed by atoms with Crippen molar-refractivity contribution in [1.29, 1.82) is 0 Å². The number of hydrogen-bond donors (Lipinski definition) is 2. The van der Waals surface area contributed by atoms with Crippen LogP contribution in [0.2, 0.25) is 0 Å². The van der Waals surface area contributed by atoms with Gasteiger partial charge >= 0.3 is 0 Å². The summed E-state index contributed by atoms with van der Waals surface area (Å²) in [7, 11) is 0. The van der Waals surface area contributed by atoms with E-state index in [1.165, 1.54) is 0 Å². The van der Waals surface area contributed by atoms with Gasteiger partial charge in [-0.15, -0.1) is 0 Å². The highest BCUT2D eigenvalue weighted by Gasteiger charge is 2.18. The Morgan fingerprint density at radius 3 is 1.55 bits per heavy atom. The number of nitrogens with one attached hydrogen (secondary N) is 2. The molecule has 1 aromatic carbocycles. The smallest absolute Gasteiger partial charge is 0.252 e. The van der Waals surface area contributed by atoms with Crippen molar-refractivity contribution in [1.82, 2.24) is 10.6 Å². The molecule has 0 aliphatic rings. The van der Waals surface area contributed by atoms with Crippen LogP contribution in [0.1, 0.15) is 61.3 Å². The Balaban J connectivity index is 2.93. The molecule has 20 heavy (non-hydrogen) atoms. The number of carbonyl (C=O) groups is 2. The third-order valence-electron chi connectivity index (χ3n) is 3.40. The van der Waals surface area contributed by atoms with Gasteiger partial charge in [0.05, 0.1) is 11.1 Å². The summed E-state index contributed by atoms with van der Waals surface area (Å²) in [5.74, 6) is -0.400. The van der Waals surface area contributed by atoms with Gasteiger partial charge < -0.3 is 10.6 Å². The second-order valence-corrected chi connectivity index (χ2v) is 5.11. The summed E-state index contributed by atoms with van der Waals surface area (Å²) in [4.78, 5) is 24.4. The van der Waals surface area contributed by atoms with Crippen molar-refractivity contribution in [2.24, 2.45) is 0 Å². The van der Waals surface area contributed by atoms with Gasteiger partial charge in [-0.3, -0.25) is 9.59 Å². The zero-order valence-electron chi connectivity index (χ0n) is 12.7. The molecule has 0 aliphatic heterocycles. The molecule has 4 nitrogen and oxygen atoms in total. The Kier molecular flexibility index (Phi) is 6.22. The molecule has 0 radical (unpaired) electrons. The van der Waals surface area contributed by atoms with E-state index in [9.17, 15) is 9.59 Å². The number of hydrogen-bond acceptors (Lipinski definition) is 2. The van der Waals surface area contributed by atoms with Crippen LogP contribution in [0, 0.1) is 0 Å². The van der Waals surface area contributed by atoms with E-state index >= 15 is 0 Å². The SMILES string of the molecule is CC[C@@H](C)NC(=O)c1ccccc1C(=O)N[C@@H](C)CC. The van der Waals surface area contributed by atoms with Crippen LogP contribution in [0.4, 0.5) is 0 Å². The van der Waals surface area contributed by atoms with E-state index in [2.05, 4.69) is 10.6 Å². The number of carbonyl (C=O) groups excluding carboxylic acids is 2. The lowest BCUT2D eigenvalue weighted by Gasteiger charge is -2.16. The largest absolute Gasteiger partial charge is 0.350 e. The Morgan fingerprint density at radius 2 is 1.25 bits per heavy atom. The number of amides is 2. The summed E-state index contributed by atoms with van der Waals surface area (Å²) in [5, 5.41) is 5.78. The van der Waals surface area contributed by atoms with E-state index in [0.29, 0.717) is 11.1 Å². The van der Waals surface area contributed by atoms with Gasteiger partial charge in [-0.2, -0.15) is 0 Å². The zero-order valence-corrected chi connectivity index (χ0v) is 12.7. The Morgan fingerprint density at radius 1 is 0.900 bits per heavy atom. The predicted octanol–water partition coefficient (Wildman–Crippen LogP) is 2.74. The average molecular weight is 276 g/mol. The molecule has 0 fully saturated rings. The quantitative estimate of drug-likeness (QED) is 0.839. The predicted molar refractivity (Wildman–Crippen MR) is 80.9 cm³/mol. The first-order chi connectivity index (χ1) is 9.49. The van der Waals surface area contributed by atoms with Crippen LogP contribution in [-0.4, -0.2) is 23.9 Å². The Bertz CT molecular complexity index is 428. The van der Waals surface area contributed by atoms with Crippen molar-refractivity contribution in [3.63, 3.8) is 0 Å². The van der Waals surface area contributed by atoms with Crippen LogP contribution in [0.15, 0.2) is 24.3 Å². The second-order valence-electron chi connectivity index (χ2n) is 5.11. The molecule has 0 unspecified atom stereocenters. The number of benzene rings is 1. The molecular formula is C16H24N2O2. The van der Waals surface area contributed by atoms with E-state index in [4.69, 9.17) is 0 Å². The summed E-state index contributed by atoms with van der Waals surface area (Å²) in [6, 6.07) is 7.09. The third kappa shape index (κ3) is 4.37. The molecule has 1 rings (SSSR count). The molecule has 0 heterocycles. The van der Waals surface area contributed by atoms with Crippen LogP contribution in [0.5, 0.6) is 0 Å². The zero-order chi connectivity index (χ0) is 15.1. The first kappa shape index (κ1) is 16.2. The minimum Gasteiger partial charge on any atom is -0.350 e. The highest BCUT2D eigenvalue weighted by Crippen LogP contribution is 2.10. The summed E-state index contributed by atoms with van der Waals surface area (Å²) in [6.45, 7) is 7.90. The lowest BCUT2D eigenvalue weighted by molar-refractivity contribution is 0.0904. The molecular weight excluding hydrogens is 252 g/mol. The van der Waals surface area contributed by atoms with Gasteiger partial charge in [0.25, 0.3) is 11.8 Å². The van der Waals surface area contributed by atoms with Crippen LogP contribution in [0.25, 0.3) is 0 Å². The molecule has 0 spiro atoms. The van der Waals surface area contributed by atoms with Crippen LogP contribution in [0.3, 0.4) is 0 Å². The maximum Gasteiger partial charge on any atom is 0.252 e. The van der Waals surface area contributed by atoms with Crippen molar-refractivity contribution >= 4 is 11.8 Å². The van der Waals surface area contributed by atoms with Crippen molar-refractivity contribution in [3.8, 4) is 0 Å². The van der Waals surface area contributed by atoms with Crippen molar-refractivity contribution in [2.45, 2.75) is 52.6 Å². The normalized spacial score (nSPS) is 13.4. The molecule has 0 saturated heterocycles. The Labute approximate surface area is 121 Å². The third-order valence-corrected chi connectivity index (χ3v) is 3.40. The molecule has 2 N–H and O–H groups in total. The summed E-state index contributed by atoms with van der Waals surface area (Å²) in [6.07, 6.45) is 1.71. The van der Waals surface area contributed by atoms with E-state index in [0.717, 1.165) is 12.8 Å². The van der Waals surface area contributed by atoms with Gasteiger partial charge in [0.1, 0.15) is 0 Å². The van der Waals surface area contributed by atoms with Gasteiger partial charge in [0.2, 0.25) is 0 Å². The molecule has 110 valence electrons. The van der Waals surface area contributed by atoms with Crippen molar-refractivity contribution in [2.75, 3.05) is 0 Å². The highest BCUT2D eigenvalue weighted by molar-refractivity contribution is 6.07. The van der Waals surface area contributed by atoms with E-state index in [1.54, 1.807) is 24.3 Å². The topological polar surface area (TPSA) is 58.2 Å². The maximum absolute atomic E-state index is 12.2. The first-order valence-corrected chi connectivity index (χ1v) is 7.20. The minimum absolute atomic E-state index is 0.0909. The lowest BCUT2D eigenvalue weighted by Crippen LogP contribution is -2.36. The molecule has 0 bridgehead atoms. The van der Waals surface area contributed by atoms with Crippen molar-refractivity contribution in [3.05, 3.63) is 35.4 Å². The van der Waals surface area contributed by atoms with Gasteiger partial charge in [-0.25, -0.2) is 0 Å². The average Bonchev–Trinajstić information content (AvgIpc) is 2.46. The summed E-state index contributed by atoms with van der Waals surface area (Å²) < 4.78 is 0. The maximum atomic E-state index is 12.2. The molecule has 0 aliphatic carbocycles. The van der Waals surface area contributed by atoms with E-state index < -0.39 is 0 Å². The molecule has 2 atom stereocenters. The summed E-state index contributed by atoms with van der Waals surface area (Å²) >= 11 is 0. The van der Waals surface area contributed by atoms with Gasteiger partial charge in [0.15, 0.2) is 0 Å². The monoisotopic (exact) mass is 276 g/mol. The lowest BCUT2D eigenvalue weighted by atomic mass is 10.0. The second kappa shape index (κ2) is 7.68. The first-order valence-electron chi connectivity index (χ1n) is 7.20. The molecule has 2 amide bonds. The van der Waals surface area contributed by atoms with Gasteiger partial charge in [0, 0.05) is 12.1 Å². The van der Waals surface area contributed by atoms with E-state index in [-0.39, 0.29) is 23.9 Å². The van der Waals surface area contributed by atoms with Crippen LogP contribution in [-0.2, 0) is 0 Å². The standard InChI is InChI=1S/C16H24N2O2/c1-5-11(3)17-15(19)13-9-7-8-10-14(13)16(20)18-12(4)6-2/h7-12H,5-6H2,1-4H3,(H,17,19)(H,18,20)/t11-,12+. The van der Waals surface area contributed by atoms with Gasteiger partial charge in [-0.05, 0) is 38.8 Å². The number of rotatable bonds is 6. The van der Waals surface area contributed by atoms with Crippen LogP contribution < -0.4 is 10.6 Å². The van der Waals surface area contributed by atoms with E-state index in [1.807, 2.05) is 27.7 Å². The summed E-state index contributed by atoms with van der Waals surface area (Å²) in [5.41, 5.74) is 0.849. The fourth-order valence-electron chi connectivity index (χ4n) is 1.69. The molecule has 4 heteroatoms. The molecule has 1 aromatic rings. The molecule has 0 saturated carbocycles. The van der Waals surface area contributed by atoms with Gasteiger partial charge in [-0.1, -0.05) is 26.0 Å². The fraction of sp³-hybridized carbons (Fsp3) is 0.500. The minimum atomic E-state index is -0.200. The van der Waals surface area contributed by atoms with Crippen LogP contribution >= 0.6 is 0 Å². The molecule has 0 aromatic heterocycles.